The topological polar surface area (TPSA) is 54.3 Å². The molecule has 1 aromatic carbocycles. The molecule has 0 bridgehead atoms. The second-order valence-corrected chi connectivity index (χ2v) is 10.1. The van der Waals surface area contributed by atoms with Crippen LogP contribution >= 0.6 is 11.3 Å². The lowest BCUT2D eigenvalue weighted by Crippen LogP contribution is -2.35. The highest BCUT2D eigenvalue weighted by Crippen LogP contribution is 2.40. The van der Waals surface area contributed by atoms with Crippen LogP contribution in [0.1, 0.15) is 48.8 Å². The third-order valence-corrected chi connectivity index (χ3v) is 6.99. The number of amides is 1. The Bertz CT molecular complexity index is 975. The van der Waals surface area contributed by atoms with Crippen molar-refractivity contribution in [2.75, 3.05) is 19.6 Å². The zero-order chi connectivity index (χ0) is 21.1. The predicted octanol–water partition coefficient (Wildman–Crippen LogP) is 5.70. The van der Waals surface area contributed by atoms with E-state index >= 15 is 0 Å². The van der Waals surface area contributed by atoms with Crippen LogP contribution in [0.25, 0.3) is 21.6 Å². The highest BCUT2D eigenvalue weighted by Gasteiger charge is 2.20. The molecule has 4 nitrogen and oxygen atoms in total. The van der Waals surface area contributed by atoms with E-state index in [9.17, 15) is 4.79 Å². The first-order chi connectivity index (χ1) is 14.4. The first-order valence-electron chi connectivity index (χ1n) is 10.7. The summed E-state index contributed by atoms with van der Waals surface area (Å²) < 4.78 is 5.32. The van der Waals surface area contributed by atoms with Gasteiger partial charge in [-0.05, 0) is 60.5 Å². The first-order valence-corrected chi connectivity index (χ1v) is 11.5. The van der Waals surface area contributed by atoms with Crippen molar-refractivity contribution in [1.29, 1.82) is 0 Å². The van der Waals surface area contributed by atoms with Crippen molar-refractivity contribution in [2.24, 2.45) is 5.92 Å². The monoisotopic (exact) mass is 422 g/mol. The first kappa shape index (κ1) is 20.9. The summed E-state index contributed by atoms with van der Waals surface area (Å²) in [7, 11) is 0. The summed E-state index contributed by atoms with van der Waals surface area (Å²) in [5, 5.41) is 6.53. The maximum Gasteiger partial charge on any atom is 0.261 e. The SMILES string of the molecule is CC(C)(C)c1ccc(-c2sc(C(=O)NCC3CCNCC3)cc2-c2ccoc2)cc1. The van der Waals surface area contributed by atoms with Crippen LogP contribution < -0.4 is 10.6 Å². The normalized spacial score (nSPS) is 15.3. The Morgan fingerprint density at radius 3 is 2.50 bits per heavy atom. The number of piperidine rings is 1. The molecule has 2 aromatic heterocycles. The number of thiophene rings is 1. The fraction of sp³-hybridized carbons (Fsp3) is 0.400. The molecule has 158 valence electrons. The second-order valence-electron chi connectivity index (χ2n) is 9.10. The average molecular weight is 423 g/mol. The molecule has 1 saturated heterocycles. The molecule has 1 aliphatic heterocycles. The van der Waals surface area contributed by atoms with Gasteiger partial charge in [-0.3, -0.25) is 4.79 Å². The molecule has 1 aliphatic rings. The van der Waals surface area contributed by atoms with Crippen LogP contribution in [-0.4, -0.2) is 25.5 Å². The Labute approximate surface area is 182 Å². The van der Waals surface area contributed by atoms with E-state index in [-0.39, 0.29) is 11.3 Å². The summed E-state index contributed by atoms with van der Waals surface area (Å²) in [5.74, 6) is 0.578. The van der Waals surface area contributed by atoms with Gasteiger partial charge in [-0.15, -0.1) is 11.3 Å². The number of furan rings is 1. The fourth-order valence-corrected chi connectivity index (χ4v) is 4.98. The molecule has 0 radical (unpaired) electrons. The van der Waals surface area contributed by atoms with Gasteiger partial charge in [0.2, 0.25) is 0 Å². The Balaban J connectivity index is 1.60. The third kappa shape index (κ3) is 4.68. The zero-order valence-electron chi connectivity index (χ0n) is 18.0. The van der Waals surface area contributed by atoms with Crippen LogP contribution in [0.3, 0.4) is 0 Å². The maximum absolute atomic E-state index is 12.9. The standard InChI is InChI=1S/C25H30N2O2S/c1-25(2,3)20-6-4-18(5-7-20)23-21(19-10-13-29-16-19)14-22(30-23)24(28)27-15-17-8-11-26-12-9-17/h4-7,10,13-14,16-17,26H,8-9,11-12,15H2,1-3H3,(H,27,28). The molecule has 3 heterocycles. The number of benzene rings is 1. The Morgan fingerprint density at radius 2 is 1.87 bits per heavy atom. The second kappa shape index (κ2) is 8.78. The van der Waals surface area contributed by atoms with Crippen molar-refractivity contribution in [2.45, 2.75) is 39.0 Å². The number of rotatable bonds is 5. The minimum absolute atomic E-state index is 0.0147. The van der Waals surface area contributed by atoms with E-state index in [0.717, 1.165) is 58.9 Å². The van der Waals surface area contributed by atoms with Crippen molar-refractivity contribution >= 4 is 17.2 Å². The minimum Gasteiger partial charge on any atom is -0.472 e. The highest BCUT2D eigenvalue weighted by atomic mass is 32.1. The number of hydrogen-bond donors (Lipinski definition) is 2. The van der Waals surface area contributed by atoms with Gasteiger partial charge in [0.25, 0.3) is 5.91 Å². The predicted molar refractivity (Wildman–Crippen MR) is 124 cm³/mol. The van der Waals surface area contributed by atoms with E-state index < -0.39 is 0 Å². The van der Waals surface area contributed by atoms with E-state index in [1.54, 1.807) is 23.9 Å². The lowest BCUT2D eigenvalue weighted by atomic mass is 9.86. The van der Waals surface area contributed by atoms with E-state index in [1.165, 1.54) is 5.56 Å². The average Bonchev–Trinajstić information content (AvgIpc) is 3.42. The molecule has 0 unspecified atom stereocenters. The van der Waals surface area contributed by atoms with Crippen LogP contribution in [0.4, 0.5) is 0 Å². The molecule has 1 fully saturated rings. The molecule has 3 aromatic rings. The molecular weight excluding hydrogens is 392 g/mol. The largest absolute Gasteiger partial charge is 0.472 e. The zero-order valence-corrected chi connectivity index (χ0v) is 18.8. The van der Waals surface area contributed by atoms with Crippen LogP contribution in [0.5, 0.6) is 0 Å². The molecule has 2 N–H and O–H groups in total. The molecule has 0 spiro atoms. The van der Waals surface area contributed by atoms with Crippen LogP contribution in [0.2, 0.25) is 0 Å². The van der Waals surface area contributed by atoms with Crippen molar-refractivity contribution < 1.29 is 9.21 Å². The van der Waals surface area contributed by atoms with Crippen molar-refractivity contribution in [3.8, 4) is 21.6 Å². The Kier molecular flexibility index (Phi) is 6.11. The summed E-state index contributed by atoms with van der Waals surface area (Å²) >= 11 is 1.55. The van der Waals surface area contributed by atoms with Gasteiger partial charge >= 0.3 is 0 Å². The number of carbonyl (C=O) groups excluding carboxylic acids is 1. The summed E-state index contributed by atoms with van der Waals surface area (Å²) in [6, 6.07) is 12.6. The maximum atomic E-state index is 12.9. The van der Waals surface area contributed by atoms with E-state index in [1.807, 2.05) is 12.1 Å². The minimum atomic E-state index is 0.0147. The van der Waals surface area contributed by atoms with Crippen molar-refractivity contribution in [1.82, 2.24) is 10.6 Å². The fourth-order valence-electron chi connectivity index (χ4n) is 3.88. The number of hydrogen-bond acceptors (Lipinski definition) is 4. The molecule has 0 atom stereocenters. The van der Waals surface area contributed by atoms with Crippen LogP contribution in [0, 0.1) is 5.92 Å². The molecule has 0 saturated carbocycles. The summed E-state index contributed by atoms with van der Waals surface area (Å²) in [4.78, 5) is 14.7. The molecule has 1 amide bonds. The molecular formula is C25H30N2O2S. The summed E-state index contributed by atoms with van der Waals surface area (Å²) in [6.45, 7) is 9.48. The van der Waals surface area contributed by atoms with Gasteiger partial charge in [0.15, 0.2) is 0 Å². The lowest BCUT2D eigenvalue weighted by molar-refractivity contribution is 0.0948. The Morgan fingerprint density at radius 1 is 1.13 bits per heavy atom. The van der Waals surface area contributed by atoms with Gasteiger partial charge in [0.05, 0.1) is 17.4 Å². The molecule has 5 heteroatoms. The van der Waals surface area contributed by atoms with Gasteiger partial charge in [-0.25, -0.2) is 0 Å². The smallest absolute Gasteiger partial charge is 0.261 e. The van der Waals surface area contributed by atoms with Gasteiger partial charge in [-0.1, -0.05) is 45.0 Å². The van der Waals surface area contributed by atoms with E-state index in [4.69, 9.17) is 4.42 Å². The van der Waals surface area contributed by atoms with Crippen LogP contribution in [0.15, 0.2) is 53.3 Å². The molecule has 30 heavy (non-hydrogen) atoms. The summed E-state index contributed by atoms with van der Waals surface area (Å²) in [6.07, 6.45) is 5.66. The number of nitrogens with one attached hydrogen (secondary N) is 2. The van der Waals surface area contributed by atoms with Gasteiger partial charge < -0.3 is 15.1 Å². The number of carbonyl (C=O) groups is 1. The lowest BCUT2D eigenvalue weighted by Gasteiger charge is -2.22. The summed E-state index contributed by atoms with van der Waals surface area (Å²) in [5.41, 5.74) is 4.58. The van der Waals surface area contributed by atoms with Gasteiger partial charge in [-0.2, -0.15) is 0 Å². The highest BCUT2D eigenvalue weighted by molar-refractivity contribution is 7.18. The molecule has 4 rings (SSSR count). The quantitative estimate of drug-likeness (QED) is 0.554. The van der Waals surface area contributed by atoms with Crippen molar-refractivity contribution in [3.05, 3.63) is 59.4 Å². The third-order valence-electron chi connectivity index (χ3n) is 5.81. The van der Waals surface area contributed by atoms with Crippen molar-refractivity contribution in [3.63, 3.8) is 0 Å². The van der Waals surface area contributed by atoms with E-state index in [2.05, 4.69) is 55.7 Å². The van der Waals surface area contributed by atoms with Gasteiger partial charge in [0, 0.05) is 22.5 Å². The molecule has 0 aliphatic carbocycles. The van der Waals surface area contributed by atoms with E-state index in [0.29, 0.717) is 5.92 Å². The van der Waals surface area contributed by atoms with Crippen LogP contribution in [-0.2, 0) is 5.41 Å². The Hall–Kier alpha value is -2.37. The van der Waals surface area contributed by atoms with Gasteiger partial charge in [0.1, 0.15) is 0 Å².